The minimum absolute atomic E-state index is 0.0209. The van der Waals surface area contributed by atoms with Gasteiger partial charge in [0.1, 0.15) is 0 Å². The molecule has 3 rings (SSSR count). The topological polar surface area (TPSA) is 84.7 Å². The molecule has 2 aliphatic heterocycles. The summed E-state index contributed by atoms with van der Waals surface area (Å²) in [4.78, 5) is 26.3. The van der Waals surface area contributed by atoms with Gasteiger partial charge in [0.05, 0.1) is 12.1 Å². The van der Waals surface area contributed by atoms with Crippen molar-refractivity contribution < 1.29 is 14.3 Å². The fourth-order valence-corrected chi connectivity index (χ4v) is 2.99. The molecule has 6 nitrogen and oxygen atoms in total. The lowest BCUT2D eigenvalue weighted by molar-refractivity contribution is -0.131. The predicted molar refractivity (Wildman–Crippen MR) is 82.5 cm³/mol. The number of nitrogens with one attached hydrogen (secondary N) is 1. The molecule has 1 fully saturated rings. The average Bonchev–Trinajstić information content (AvgIpc) is 2.97. The number of benzene rings is 1. The summed E-state index contributed by atoms with van der Waals surface area (Å²) >= 11 is 0. The molecule has 0 saturated carbocycles. The molecule has 2 amide bonds. The van der Waals surface area contributed by atoms with E-state index in [0.29, 0.717) is 32.6 Å². The Bertz CT molecular complexity index is 582. The van der Waals surface area contributed by atoms with E-state index in [-0.39, 0.29) is 18.4 Å². The van der Waals surface area contributed by atoms with Crippen molar-refractivity contribution in [2.75, 3.05) is 31.2 Å². The highest BCUT2D eigenvalue weighted by Gasteiger charge is 2.36. The van der Waals surface area contributed by atoms with Crippen molar-refractivity contribution in [2.45, 2.75) is 24.8 Å². The molecule has 22 heavy (non-hydrogen) atoms. The molecule has 0 atom stereocenters. The van der Waals surface area contributed by atoms with E-state index in [4.69, 9.17) is 10.5 Å². The first-order chi connectivity index (χ1) is 10.6. The van der Waals surface area contributed by atoms with Crippen molar-refractivity contribution in [1.82, 2.24) is 5.32 Å². The number of nitrogens with zero attached hydrogens (tertiary/aromatic N) is 1. The van der Waals surface area contributed by atoms with Gasteiger partial charge >= 0.3 is 0 Å². The third-order valence-corrected chi connectivity index (χ3v) is 4.43. The Morgan fingerprint density at radius 3 is 2.77 bits per heavy atom. The van der Waals surface area contributed by atoms with E-state index in [9.17, 15) is 9.59 Å². The Hall–Kier alpha value is -1.92. The summed E-state index contributed by atoms with van der Waals surface area (Å²) in [5.74, 6) is -0.370. The summed E-state index contributed by atoms with van der Waals surface area (Å²) in [6, 6.07) is 7.85. The lowest BCUT2D eigenvalue weighted by Gasteiger charge is -2.31. The van der Waals surface area contributed by atoms with Crippen LogP contribution in [0.1, 0.15) is 18.4 Å². The number of hydrogen-bond acceptors (Lipinski definition) is 4. The van der Waals surface area contributed by atoms with E-state index in [2.05, 4.69) is 5.32 Å². The summed E-state index contributed by atoms with van der Waals surface area (Å²) < 4.78 is 5.23. The lowest BCUT2D eigenvalue weighted by Crippen LogP contribution is -2.58. The summed E-state index contributed by atoms with van der Waals surface area (Å²) in [7, 11) is 0. The second-order valence-corrected chi connectivity index (χ2v) is 5.88. The molecular formula is C16H21N3O3. The van der Waals surface area contributed by atoms with Crippen molar-refractivity contribution in [3.05, 3.63) is 29.8 Å². The smallest absolute Gasteiger partial charge is 0.246 e. The van der Waals surface area contributed by atoms with Gasteiger partial charge in [-0.2, -0.15) is 0 Å². The molecule has 0 aromatic heterocycles. The first kappa shape index (κ1) is 15.0. The second kappa shape index (κ2) is 6.06. The monoisotopic (exact) mass is 303 g/mol. The van der Waals surface area contributed by atoms with Gasteiger partial charge < -0.3 is 20.7 Å². The number of fused-ring (bicyclic) bond motifs is 1. The normalized spacial score (nSPS) is 19.6. The Morgan fingerprint density at radius 2 is 2.00 bits per heavy atom. The van der Waals surface area contributed by atoms with E-state index < -0.39 is 5.54 Å². The molecule has 118 valence electrons. The minimum Gasteiger partial charge on any atom is -0.381 e. The van der Waals surface area contributed by atoms with Gasteiger partial charge in [0, 0.05) is 25.4 Å². The van der Waals surface area contributed by atoms with Gasteiger partial charge in [-0.25, -0.2) is 0 Å². The number of hydrogen-bond donors (Lipinski definition) is 2. The summed E-state index contributed by atoms with van der Waals surface area (Å²) in [6.45, 7) is 1.61. The number of carbonyl (C=O) groups excluding carboxylic acids is 2. The molecule has 1 aromatic carbocycles. The molecule has 0 bridgehead atoms. The highest BCUT2D eigenvalue weighted by Crippen LogP contribution is 2.27. The van der Waals surface area contributed by atoms with Crippen molar-refractivity contribution >= 4 is 17.5 Å². The number of anilines is 1. The highest BCUT2D eigenvalue weighted by molar-refractivity contribution is 5.99. The van der Waals surface area contributed by atoms with Crippen molar-refractivity contribution in [3.63, 3.8) is 0 Å². The third kappa shape index (κ3) is 2.84. The van der Waals surface area contributed by atoms with Crippen LogP contribution in [0.2, 0.25) is 0 Å². The van der Waals surface area contributed by atoms with Crippen LogP contribution in [0.4, 0.5) is 5.69 Å². The molecule has 3 N–H and O–H groups in total. The number of para-hydroxylation sites is 1. The van der Waals surface area contributed by atoms with Crippen LogP contribution in [0, 0.1) is 0 Å². The Balaban J connectivity index is 1.58. The van der Waals surface area contributed by atoms with Crippen molar-refractivity contribution in [3.8, 4) is 0 Å². The molecule has 2 aliphatic rings. The number of amides is 2. The first-order valence-corrected chi connectivity index (χ1v) is 7.63. The third-order valence-electron chi connectivity index (χ3n) is 4.43. The lowest BCUT2D eigenvalue weighted by atomic mass is 9.90. The fraction of sp³-hybridized carbons (Fsp3) is 0.500. The predicted octanol–water partition coefficient (Wildman–Crippen LogP) is 0.200. The fourth-order valence-electron chi connectivity index (χ4n) is 2.99. The Morgan fingerprint density at radius 1 is 1.27 bits per heavy atom. The van der Waals surface area contributed by atoms with Crippen LogP contribution >= 0.6 is 0 Å². The van der Waals surface area contributed by atoms with Gasteiger partial charge in [-0.1, -0.05) is 18.2 Å². The first-order valence-electron chi connectivity index (χ1n) is 7.63. The Kier molecular flexibility index (Phi) is 4.13. The van der Waals surface area contributed by atoms with Gasteiger partial charge in [0.25, 0.3) is 0 Å². The van der Waals surface area contributed by atoms with Crippen LogP contribution in [0.5, 0.6) is 0 Å². The van der Waals surface area contributed by atoms with Gasteiger partial charge in [-0.05, 0) is 30.9 Å². The molecule has 0 aliphatic carbocycles. The van der Waals surface area contributed by atoms with Crippen LogP contribution in [-0.4, -0.2) is 43.7 Å². The average molecular weight is 303 g/mol. The number of ether oxygens (including phenoxy) is 1. The zero-order chi connectivity index (χ0) is 15.6. The quantitative estimate of drug-likeness (QED) is 0.835. The van der Waals surface area contributed by atoms with Crippen LogP contribution in [0.25, 0.3) is 0 Å². The maximum absolute atomic E-state index is 12.3. The van der Waals surface area contributed by atoms with Crippen LogP contribution in [-0.2, 0) is 20.7 Å². The molecule has 2 heterocycles. The van der Waals surface area contributed by atoms with Crippen LogP contribution < -0.4 is 16.0 Å². The second-order valence-electron chi connectivity index (χ2n) is 5.88. The van der Waals surface area contributed by atoms with Gasteiger partial charge in [-0.15, -0.1) is 0 Å². The maximum Gasteiger partial charge on any atom is 0.246 e. The molecule has 0 radical (unpaired) electrons. The number of carbonyl (C=O) groups is 2. The van der Waals surface area contributed by atoms with Crippen molar-refractivity contribution in [2.24, 2.45) is 5.73 Å². The SMILES string of the molecule is NC1(C(=O)NCC(=O)N2CCc3ccccc32)CCOCC1. The van der Waals surface area contributed by atoms with Gasteiger partial charge in [-0.3, -0.25) is 9.59 Å². The summed E-state index contributed by atoms with van der Waals surface area (Å²) in [5.41, 5.74) is 7.30. The van der Waals surface area contributed by atoms with E-state index in [0.717, 1.165) is 12.1 Å². The van der Waals surface area contributed by atoms with Crippen molar-refractivity contribution in [1.29, 1.82) is 0 Å². The zero-order valence-corrected chi connectivity index (χ0v) is 12.5. The summed E-state index contributed by atoms with van der Waals surface area (Å²) in [5, 5.41) is 2.69. The largest absolute Gasteiger partial charge is 0.381 e. The van der Waals surface area contributed by atoms with E-state index >= 15 is 0 Å². The van der Waals surface area contributed by atoms with E-state index in [1.807, 2.05) is 24.3 Å². The highest BCUT2D eigenvalue weighted by atomic mass is 16.5. The van der Waals surface area contributed by atoms with Gasteiger partial charge in [0.15, 0.2) is 0 Å². The molecule has 1 aromatic rings. The molecular weight excluding hydrogens is 282 g/mol. The zero-order valence-electron chi connectivity index (χ0n) is 12.5. The van der Waals surface area contributed by atoms with E-state index in [1.54, 1.807) is 4.90 Å². The standard InChI is InChI=1S/C16H21N3O3/c17-16(6-9-22-10-7-16)15(21)18-11-14(20)19-8-5-12-3-1-2-4-13(12)19/h1-4H,5-11,17H2,(H,18,21). The minimum atomic E-state index is -0.915. The van der Waals surface area contributed by atoms with E-state index in [1.165, 1.54) is 5.56 Å². The number of nitrogens with two attached hydrogens (primary N) is 1. The molecule has 0 spiro atoms. The molecule has 6 heteroatoms. The van der Waals surface area contributed by atoms with Gasteiger partial charge in [0.2, 0.25) is 11.8 Å². The molecule has 0 unspecified atom stereocenters. The summed E-state index contributed by atoms with van der Waals surface area (Å²) in [6.07, 6.45) is 1.83. The maximum atomic E-state index is 12.3. The van der Waals surface area contributed by atoms with Crippen LogP contribution in [0.3, 0.4) is 0 Å². The molecule has 1 saturated heterocycles. The Labute approximate surface area is 129 Å². The van der Waals surface area contributed by atoms with Crippen LogP contribution in [0.15, 0.2) is 24.3 Å². The number of rotatable bonds is 3.